The molecule has 0 aliphatic heterocycles. The Bertz CT molecular complexity index is 473. The number of carbonyl (C=O) groups is 2. The molecule has 5 nitrogen and oxygen atoms in total. The van der Waals surface area contributed by atoms with Crippen LogP contribution in [0.4, 0.5) is 0 Å². The molecule has 1 aromatic carbocycles. The fraction of sp³-hybridized carbons (Fsp3) is 0.385. The Labute approximate surface area is 104 Å². The first-order valence-corrected chi connectivity index (χ1v) is 5.76. The van der Waals surface area contributed by atoms with E-state index in [0.717, 1.165) is 5.56 Å². The number of benzene rings is 1. The summed E-state index contributed by atoms with van der Waals surface area (Å²) in [6, 6.07) is 7.92. The molecule has 0 radical (unpaired) electrons. The van der Waals surface area contributed by atoms with Crippen LogP contribution < -0.4 is 5.73 Å². The summed E-state index contributed by atoms with van der Waals surface area (Å²) >= 11 is 0. The average molecular weight is 249 g/mol. The molecule has 1 aliphatic carbocycles. The monoisotopic (exact) mass is 249 g/mol. The van der Waals surface area contributed by atoms with Gasteiger partial charge in [0.1, 0.15) is 6.04 Å². The molecular weight excluding hydrogens is 234 g/mol. The van der Waals surface area contributed by atoms with E-state index in [1.54, 1.807) is 24.3 Å². The lowest BCUT2D eigenvalue weighted by molar-refractivity contribution is -0.142. The number of carboxylic acids is 2. The van der Waals surface area contributed by atoms with Crippen LogP contribution >= 0.6 is 0 Å². The molecular formula is C13H15NO4. The van der Waals surface area contributed by atoms with E-state index in [0.29, 0.717) is 6.42 Å². The van der Waals surface area contributed by atoms with Crippen molar-refractivity contribution in [2.45, 2.75) is 24.3 Å². The van der Waals surface area contributed by atoms with Crippen molar-refractivity contribution < 1.29 is 19.8 Å². The molecule has 0 heterocycles. The first kappa shape index (κ1) is 12.6. The molecule has 0 unspecified atom stereocenters. The van der Waals surface area contributed by atoms with Gasteiger partial charge in [0.25, 0.3) is 0 Å². The maximum atomic E-state index is 11.5. The summed E-state index contributed by atoms with van der Waals surface area (Å²) in [5.74, 6) is -2.20. The van der Waals surface area contributed by atoms with Gasteiger partial charge in [-0.05, 0) is 24.3 Å². The van der Waals surface area contributed by atoms with E-state index in [9.17, 15) is 14.7 Å². The van der Waals surface area contributed by atoms with E-state index in [1.807, 2.05) is 6.07 Å². The fourth-order valence-corrected chi connectivity index (χ4v) is 2.50. The van der Waals surface area contributed by atoms with Crippen LogP contribution in [0.2, 0.25) is 0 Å². The van der Waals surface area contributed by atoms with Crippen molar-refractivity contribution in [2.75, 3.05) is 0 Å². The topological polar surface area (TPSA) is 101 Å². The van der Waals surface area contributed by atoms with Crippen molar-refractivity contribution in [1.82, 2.24) is 0 Å². The number of carboxylic acid groups (broad SMARTS) is 2. The maximum Gasteiger partial charge on any atom is 0.320 e. The van der Waals surface area contributed by atoms with Crippen LogP contribution in [0.15, 0.2) is 30.3 Å². The highest BCUT2D eigenvalue weighted by atomic mass is 16.4. The van der Waals surface area contributed by atoms with Crippen molar-refractivity contribution in [3.8, 4) is 0 Å². The second-order valence-electron chi connectivity index (χ2n) is 4.72. The van der Waals surface area contributed by atoms with Crippen LogP contribution in [-0.2, 0) is 15.0 Å². The van der Waals surface area contributed by atoms with Gasteiger partial charge >= 0.3 is 11.9 Å². The Balaban J connectivity index is 2.19. The summed E-state index contributed by atoms with van der Waals surface area (Å²) in [6.07, 6.45) is 0.643. The van der Waals surface area contributed by atoms with Gasteiger partial charge in [0.2, 0.25) is 0 Å². The van der Waals surface area contributed by atoms with Gasteiger partial charge in [-0.1, -0.05) is 30.3 Å². The Morgan fingerprint density at radius 1 is 1.33 bits per heavy atom. The molecule has 0 spiro atoms. The van der Waals surface area contributed by atoms with Gasteiger partial charge in [-0.15, -0.1) is 0 Å². The molecule has 0 saturated heterocycles. The molecule has 1 aliphatic rings. The molecule has 1 aromatic rings. The molecule has 1 fully saturated rings. The lowest BCUT2D eigenvalue weighted by Gasteiger charge is -2.14. The third-order valence-electron chi connectivity index (χ3n) is 3.63. The van der Waals surface area contributed by atoms with E-state index in [-0.39, 0.29) is 12.3 Å². The minimum atomic E-state index is -1.09. The molecule has 0 aromatic heterocycles. The minimum absolute atomic E-state index is 0.191. The van der Waals surface area contributed by atoms with Crippen molar-refractivity contribution in [2.24, 2.45) is 11.7 Å². The van der Waals surface area contributed by atoms with Gasteiger partial charge < -0.3 is 15.9 Å². The van der Waals surface area contributed by atoms with Gasteiger partial charge in [-0.3, -0.25) is 9.59 Å². The number of nitrogens with two attached hydrogens (primary N) is 1. The summed E-state index contributed by atoms with van der Waals surface area (Å²) in [6.45, 7) is 0. The van der Waals surface area contributed by atoms with Crippen molar-refractivity contribution >= 4 is 11.9 Å². The third kappa shape index (κ3) is 1.97. The highest BCUT2D eigenvalue weighted by Gasteiger charge is 2.61. The summed E-state index contributed by atoms with van der Waals surface area (Å²) < 4.78 is 0. The molecule has 0 amide bonds. The number of rotatable bonds is 5. The van der Waals surface area contributed by atoms with Gasteiger partial charge in [0, 0.05) is 0 Å². The largest absolute Gasteiger partial charge is 0.481 e. The Morgan fingerprint density at radius 2 is 1.94 bits per heavy atom. The average Bonchev–Trinajstić information content (AvgIpc) is 3.05. The zero-order valence-corrected chi connectivity index (χ0v) is 9.74. The SMILES string of the molecule is N[C@@H](C[C@H]1C[C@]1(C(=O)O)c1ccccc1)C(=O)O. The van der Waals surface area contributed by atoms with Gasteiger partial charge in [0.05, 0.1) is 5.41 Å². The van der Waals surface area contributed by atoms with Crippen LogP contribution in [-0.4, -0.2) is 28.2 Å². The molecule has 3 atom stereocenters. The van der Waals surface area contributed by atoms with Crippen molar-refractivity contribution in [1.29, 1.82) is 0 Å². The van der Waals surface area contributed by atoms with E-state index < -0.39 is 23.4 Å². The predicted molar refractivity (Wildman–Crippen MR) is 64.1 cm³/mol. The normalized spacial score (nSPS) is 27.5. The quantitative estimate of drug-likeness (QED) is 0.717. The third-order valence-corrected chi connectivity index (χ3v) is 3.63. The molecule has 1 saturated carbocycles. The standard InChI is InChI=1S/C13H15NO4/c14-10(11(15)16)6-9-7-13(9,12(17)18)8-4-2-1-3-5-8/h1-5,9-10H,6-7,14H2,(H,15,16)(H,17,18)/t9-,10-,13-/m0/s1. The van der Waals surface area contributed by atoms with Gasteiger partial charge in [-0.2, -0.15) is 0 Å². The van der Waals surface area contributed by atoms with Crippen LogP contribution in [0.3, 0.4) is 0 Å². The molecule has 18 heavy (non-hydrogen) atoms. The smallest absolute Gasteiger partial charge is 0.320 e. The van der Waals surface area contributed by atoms with E-state index >= 15 is 0 Å². The van der Waals surface area contributed by atoms with E-state index in [2.05, 4.69) is 0 Å². The molecule has 96 valence electrons. The maximum absolute atomic E-state index is 11.5. The van der Waals surface area contributed by atoms with E-state index in [1.165, 1.54) is 0 Å². The molecule has 5 heteroatoms. The lowest BCUT2D eigenvalue weighted by Crippen LogP contribution is -2.32. The lowest BCUT2D eigenvalue weighted by atomic mass is 9.91. The Hall–Kier alpha value is -1.88. The first-order valence-electron chi connectivity index (χ1n) is 5.76. The van der Waals surface area contributed by atoms with Crippen LogP contribution in [0.25, 0.3) is 0 Å². The summed E-state index contributed by atoms with van der Waals surface area (Å²) in [4.78, 5) is 22.2. The Kier molecular flexibility index (Phi) is 3.09. The molecule has 4 N–H and O–H groups in total. The zero-order chi connectivity index (χ0) is 13.3. The first-order chi connectivity index (χ1) is 8.48. The van der Waals surface area contributed by atoms with Gasteiger partial charge in [0.15, 0.2) is 0 Å². The van der Waals surface area contributed by atoms with Crippen LogP contribution in [0.1, 0.15) is 18.4 Å². The highest BCUT2D eigenvalue weighted by Crippen LogP contribution is 2.56. The highest BCUT2D eigenvalue weighted by molar-refractivity contribution is 5.86. The fourth-order valence-electron chi connectivity index (χ4n) is 2.50. The number of hydrogen-bond acceptors (Lipinski definition) is 3. The molecule has 2 rings (SSSR count). The second kappa shape index (κ2) is 4.42. The van der Waals surface area contributed by atoms with E-state index in [4.69, 9.17) is 10.8 Å². The Morgan fingerprint density at radius 3 is 2.44 bits per heavy atom. The summed E-state index contributed by atoms with van der Waals surface area (Å²) in [5.41, 5.74) is 5.24. The van der Waals surface area contributed by atoms with Crippen LogP contribution in [0.5, 0.6) is 0 Å². The summed E-state index contributed by atoms with van der Waals surface area (Å²) in [5, 5.41) is 18.2. The van der Waals surface area contributed by atoms with Crippen molar-refractivity contribution in [3.63, 3.8) is 0 Å². The van der Waals surface area contributed by atoms with Crippen molar-refractivity contribution in [3.05, 3.63) is 35.9 Å². The summed E-state index contributed by atoms with van der Waals surface area (Å²) in [7, 11) is 0. The second-order valence-corrected chi connectivity index (χ2v) is 4.72. The number of hydrogen-bond donors (Lipinski definition) is 3. The minimum Gasteiger partial charge on any atom is -0.481 e. The van der Waals surface area contributed by atoms with Gasteiger partial charge in [-0.25, -0.2) is 0 Å². The predicted octanol–water partition coefficient (Wildman–Crippen LogP) is 0.831. The van der Waals surface area contributed by atoms with Crippen LogP contribution in [0, 0.1) is 5.92 Å². The zero-order valence-electron chi connectivity index (χ0n) is 9.74. The number of aliphatic carboxylic acids is 2. The molecule has 0 bridgehead atoms.